The van der Waals surface area contributed by atoms with Gasteiger partial charge in [-0.3, -0.25) is 0 Å². The number of nitrogens with zero attached hydrogens (tertiary/aromatic N) is 1. The molecule has 0 radical (unpaired) electrons. The third kappa shape index (κ3) is 2.88. The summed E-state index contributed by atoms with van der Waals surface area (Å²) in [6.07, 6.45) is 3.09. The van der Waals surface area contributed by atoms with Crippen LogP contribution >= 0.6 is 0 Å². The molecule has 6 nitrogen and oxygen atoms in total. The molecule has 0 aromatic rings. The number of carbonyl (C=O) groups excluding carboxylic acids is 1. The molecule has 2 amide bonds. The van der Waals surface area contributed by atoms with Gasteiger partial charge in [0.25, 0.3) is 0 Å². The Labute approximate surface area is 99.9 Å². The topological polar surface area (TPSA) is 78.9 Å². The van der Waals surface area contributed by atoms with Gasteiger partial charge < -0.3 is 20.1 Å². The molecular weight excluding hydrogens is 224 g/mol. The van der Waals surface area contributed by atoms with Gasteiger partial charge in [-0.05, 0) is 25.7 Å². The summed E-state index contributed by atoms with van der Waals surface area (Å²) in [4.78, 5) is 24.5. The van der Waals surface area contributed by atoms with Gasteiger partial charge in [0.05, 0.1) is 12.6 Å². The van der Waals surface area contributed by atoms with Crippen LogP contribution in [0, 0.1) is 0 Å². The molecule has 17 heavy (non-hydrogen) atoms. The number of carboxylic acid groups (broad SMARTS) is 1. The minimum atomic E-state index is -0.914. The first-order valence-corrected chi connectivity index (χ1v) is 6.06. The van der Waals surface area contributed by atoms with Crippen molar-refractivity contribution in [3.05, 3.63) is 0 Å². The van der Waals surface area contributed by atoms with Crippen molar-refractivity contribution < 1.29 is 19.4 Å². The van der Waals surface area contributed by atoms with E-state index in [1.807, 2.05) is 0 Å². The van der Waals surface area contributed by atoms with Gasteiger partial charge in [-0.25, -0.2) is 9.59 Å². The zero-order valence-electron chi connectivity index (χ0n) is 9.72. The lowest BCUT2D eigenvalue weighted by molar-refractivity contribution is -0.143. The summed E-state index contributed by atoms with van der Waals surface area (Å²) in [6.45, 7) is 1.71. The highest BCUT2D eigenvalue weighted by Crippen LogP contribution is 2.17. The molecular formula is C11H18N2O4. The lowest BCUT2D eigenvalue weighted by Gasteiger charge is -2.33. The number of carbonyl (C=O) groups is 2. The Kier molecular flexibility index (Phi) is 3.83. The number of piperidine rings is 1. The van der Waals surface area contributed by atoms with Gasteiger partial charge in [0.1, 0.15) is 6.04 Å². The molecule has 0 aliphatic carbocycles. The van der Waals surface area contributed by atoms with Gasteiger partial charge in [-0.1, -0.05) is 0 Å². The molecule has 2 aliphatic heterocycles. The van der Waals surface area contributed by atoms with Gasteiger partial charge >= 0.3 is 12.0 Å². The summed E-state index contributed by atoms with van der Waals surface area (Å²) in [7, 11) is 0. The molecule has 0 aromatic carbocycles. The van der Waals surface area contributed by atoms with E-state index in [-0.39, 0.29) is 12.1 Å². The highest BCUT2D eigenvalue weighted by Gasteiger charge is 2.33. The van der Waals surface area contributed by atoms with Crippen LogP contribution in [0.2, 0.25) is 0 Å². The lowest BCUT2D eigenvalue weighted by Crippen LogP contribution is -2.53. The first-order valence-electron chi connectivity index (χ1n) is 6.06. The molecule has 0 bridgehead atoms. The van der Waals surface area contributed by atoms with Crippen LogP contribution in [0.3, 0.4) is 0 Å². The number of nitrogens with one attached hydrogen (secondary N) is 1. The molecule has 2 fully saturated rings. The van der Waals surface area contributed by atoms with Crippen molar-refractivity contribution >= 4 is 12.0 Å². The molecule has 1 unspecified atom stereocenters. The fourth-order valence-electron chi connectivity index (χ4n) is 2.34. The molecule has 0 aromatic heterocycles. The van der Waals surface area contributed by atoms with Crippen LogP contribution in [0.5, 0.6) is 0 Å². The van der Waals surface area contributed by atoms with Gasteiger partial charge in [0.15, 0.2) is 0 Å². The zero-order chi connectivity index (χ0) is 12.3. The molecule has 96 valence electrons. The summed E-state index contributed by atoms with van der Waals surface area (Å²) < 4.78 is 5.17. The van der Waals surface area contributed by atoms with Gasteiger partial charge in [-0.15, -0.1) is 0 Å². The second-order valence-corrected chi connectivity index (χ2v) is 4.55. The molecule has 2 rings (SSSR count). The van der Waals surface area contributed by atoms with Crippen molar-refractivity contribution in [1.82, 2.24) is 10.2 Å². The van der Waals surface area contributed by atoms with Gasteiger partial charge in [0, 0.05) is 13.2 Å². The summed E-state index contributed by atoms with van der Waals surface area (Å²) in [5.74, 6) is -0.914. The first kappa shape index (κ1) is 12.2. The van der Waals surface area contributed by atoms with Crippen LogP contribution in [0.4, 0.5) is 4.79 Å². The predicted molar refractivity (Wildman–Crippen MR) is 59.7 cm³/mol. The zero-order valence-corrected chi connectivity index (χ0v) is 9.72. The van der Waals surface area contributed by atoms with Gasteiger partial charge in [0.2, 0.25) is 0 Å². The third-order valence-corrected chi connectivity index (χ3v) is 3.31. The largest absolute Gasteiger partial charge is 0.480 e. The molecule has 2 saturated heterocycles. The van der Waals surface area contributed by atoms with E-state index in [0.717, 1.165) is 19.3 Å². The van der Waals surface area contributed by atoms with E-state index in [0.29, 0.717) is 26.2 Å². The minimum absolute atomic E-state index is 0.0267. The van der Waals surface area contributed by atoms with Crippen molar-refractivity contribution in [2.24, 2.45) is 0 Å². The first-order chi connectivity index (χ1) is 8.18. The number of aliphatic carboxylic acids is 1. The third-order valence-electron chi connectivity index (χ3n) is 3.31. The van der Waals surface area contributed by atoms with E-state index in [4.69, 9.17) is 9.84 Å². The second kappa shape index (κ2) is 5.35. The normalized spacial score (nSPS) is 29.1. The van der Waals surface area contributed by atoms with E-state index in [1.54, 1.807) is 0 Å². The Bertz CT molecular complexity index is 302. The lowest BCUT2D eigenvalue weighted by atomic mass is 10.0. The highest BCUT2D eigenvalue weighted by molar-refractivity contribution is 5.83. The maximum Gasteiger partial charge on any atom is 0.326 e. The van der Waals surface area contributed by atoms with Crippen LogP contribution < -0.4 is 5.32 Å². The van der Waals surface area contributed by atoms with Crippen LogP contribution in [-0.2, 0) is 9.53 Å². The van der Waals surface area contributed by atoms with Crippen molar-refractivity contribution in [2.45, 2.75) is 37.8 Å². The monoisotopic (exact) mass is 242 g/mol. The molecule has 0 saturated carbocycles. The van der Waals surface area contributed by atoms with Crippen LogP contribution in [0.15, 0.2) is 0 Å². The number of ether oxygens (including phenoxy) is 1. The van der Waals surface area contributed by atoms with Crippen molar-refractivity contribution in [2.75, 3.05) is 19.8 Å². The van der Waals surface area contributed by atoms with Gasteiger partial charge in [-0.2, -0.15) is 0 Å². The Balaban J connectivity index is 1.93. The summed E-state index contributed by atoms with van der Waals surface area (Å²) >= 11 is 0. The predicted octanol–water partition coefficient (Wildman–Crippen LogP) is 0.424. The Morgan fingerprint density at radius 1 is 1.29 bits per heavy atom. The van der Waals surface area contributed by atoms with E-state index in [9.17, 15) is 9.59 Å². The number of amides is 2. The quantitative estimate of drug-likeness (QED) is 0.735. The molecule has 2 heterocycles. The number of rotatable bonds is 2. The second-order valence-electron chi connectivity index (χ2n) is 4.55. The fraction of sp³-hybridized carbons (Fsp3) is 0.818. The molecule has 2 atom stereocenters. The Hall–Kier alpha value is -1.30. The Morgan fingerprint density at radius 2 is 2.12 bits per heavy atom. The summed E-state index contributed by atoms with van der Waals surface area (Å²) in [5.41, 5.74) is 0. The van der Waals surface area contributed by atoms with Crippen LogP contribution in [0.25, 0.3) is 0 Å². The number of likely N-dealkylation sites (tertiary alicyclic amines) is 1. The average molecular weight is 242 g/mol. The smallest absolute Gasteiger partial charge is 0.326 e. The molecule has 0 spiro atoms. The number of hydrogen-bond acceptors (Lipinski definition) is 3. The maximum atomic E-state index is 12.0. The Morgan fingerprint density at radius 3 is 2.76 bits per heavy atom. The molecule has 6 heteroatoms. The molecule has 2 aliphatic rings. The number of carboxylic acids is 1. The minimum Gasteiger partial charge on any atom is -0.480 e. The van der Waals surface area contributed by atoms with Crippen molar-refractivity contribution in [3.8, 4) is 0 Å². The SMILES string of the molecule is O=C(O)[C@H]1CCCCN1C(=O)NC1CCOC1. The average Bonchev–Trinajstić information content (AvgIpc) is 2.81. The van der Waals surface area contributed by atoms with Crippen LogP contribution in [-0.4, -0.2) is 53.8 Å². The van der Waals surface area contributed by atoms with E-state index in [2.05, 4.69) is 5.32 Å². The fourth-order valence-corrected chi connectivity index (χ4v) is 2.34. The van der Waals surface area contributed by atoms with E-state index >= 15 is 0 Å². The maximum absolute atomic E-state index is 12.0. The van der Waals surface area contributed by atoms with Crippen molar-refractivity contribution in [3.63, 3.8) is 0 Å². The summed E-state index contributed by atoms with van der Waals surface area (Å²) in [5, 5.41) is 11.9. The van der Waals surface area contributed by atoms with E-state index in [1.165, 1.54) is 4.90 Å². The van der Waals surface area contributed by atoms with E-state index < -0.39 is 12.0 Å². The summed E-state index contributed by atoms with van der Waals surface area (Å²) in [6, 6.07) is -0.919. The standard InChI is InChI=1S/C11H18N2O4/c14-10(15)9-3-1-2-5-13(9)11(16)12-8-4-6-17-7-8/h8-9H,1-7H2,(H,12,16)(H,14,15)/t8?,9-/m1/s1. The number of urea groups is 1. The van der Waals surface area contributed by atoms with Crippen molar-refractivity contribution in [1.29, 1.82) is 0 Å². The van der Waals surface area contributed by atoms with Crippen LogP contribution in [0.1, 0.15) is 25.7 Å². The molecule has 2 N–H and O–H groups in total. The highest BCUT2D eigenvalue weighted by atomic mass is 16.5. The number of hydrogen-bond donors (Lipinski definition) is 2.